The second kappa shape index (κ2) is 7.41. The molecule has 0 bridgehead atoms. The molecule has 112 valence electrons. The summed E-state index contributed by atoms with van der Waals surface area (Å²) in [6.07, 6.45) is 4.37. The van der Waals surface area contributed by atoms with Crippen molar-refractivity contribution in [2.45, 2.75) is 32.4 Å². The van der Waals surface area contributed by atoms with Crippen LogP contribution in [0.25, 0.3) is 0 Å². The van der Waals surface area contributed by atoms with Crippen molar-refractivity contribution in [2.24, 2.45) is 5.84 Å². The first kappa shape index (κ1) is 15.8. The van der Waals surface area contributed by atoms with Crippen molar-refractivity contribution in [2.75, 3.05) is 0 Å². The predicted molar refractivity (Wildman–Crippen MR) is 85.2 cm³/mol. The van der Waals surface area contributed by atoms with E-state index < -0.39 is 0 Å². The Morgan fingerprint density at radius 3 is 2.57 bits per heavy atom. The highest BCUT2D eigenvalue weighted by Gasteiger charge is 2.12. The third kappa shape index (κ3) is 4.70. The minimum Gasteiger partial charge on any atom is -0.489 e. The van der Waals surface area contributed by atoms with Gasteiger partial charge in [-0.25, -0.2) is 0 Å². The number of ether oxygens (including phenoxy) is 1. The summed E-state index contributed by atoms with van der Waals surface area (Å²) in [5, 5.41) is 0.727. The van der Waals surface area contributed by atoms with Crippen LogP contribution in [0.2, 0.25) is 5.02 Å². The monoisotopic (exact) mass is 305 g/mol. The number of rotatable bonds is 6. The number of nitrogens with two attached hydrogens (primary N) is 1. The molecule has 0 aliphatic heterocycles. The summed E-state index contributed by atoms with van der Waals surface area (Å²) in [4.78, 5) is 4.22. The maximum atomic E-state index is 5.90. The molecule has 0 radical (unpaired) electrons. The highest BCUT2D eigenvalue weighted by atomic mass is 35.5. The summed E-state index contributed by atoms with van der Waals surface area (Å²) in [7, 11) is 0. The zero-order chi connectivity index (χ0) is 15.2. The first-order valence-corrected chi connectivity index (χ1v) is 7.28. The fraction of sp³-hybridized carbons (Fsp3) is 0.312. The third-order valence-electron chi connectivity index (χ3n) is 3.06. The Bertz CT molecular complexity index is 572. The number of hydrazine groups is 1. The summed E-state index contributed by atoms with van der Waals surface area (Å²) >= 11 is 5.90. The van der Waals surface area contributed by atoms with Crippen molar-refractivity contribution in [3.8, 4) is 5.75 Å². The lowest BCUT2D eigenvalue weighted by atomic mass is 10.0. The van der Waals surface area contributed by atoms with Crippen LogP contribution in [0, 0.1) is 0 Å². The van der Waals surface area contributed by atoms with Gasteiger partial charge >= 0.3 is 0 Å². The Hall–Kier alpha value is -1.62. The van der Waals surface area contributed by atoms with Crippen LogP contribution in [0.3, 0.4) is 0 Å². The van der Waals surface area contributed by atoms with Gasteiger partial charge in [0.1, 0.15) is 5.75 Å². The maximum absolute atomic E-state index is 5.90. The molecule has 1 aromatic heterocycles. The second-order valence-corrected chi connectivity index (χ2v) is 5.61. The first-order valence-electron chi connectivity index (χ1n) is 6.90. The van der Waals surface area contributed by atoms with Gasteiger partial charge in [-0.15, -0.1) is 0 Å². The molecule has 1 aromatic carbocycles. The molecule has 0 spiro atoms. The highest BCUT2D eigenvalue weighted by molar-refractivity contribution is 6.30. The second-order valence-electron chi connectivity index (χ2n) is 5.17. The Labute approximate surface area is 130 Å². The number of hydrogen-bond acceptors (Lipinski definition) is 4. The SMILES string of the molecule is CC(C)Oc1cncc(C(Cc2ccc(Cl)cc2)NN)c1. The highest BCUT2D eigenvalue weighted by Crippen LogP contribution is 2.22. The van der Waals surface area contributed by atoms with Crippen LogP contribution >= 0.6 is 11.6 Å². The Kier molecular flexibility index (Phi) is 5.56. The topological polar surface area (TPSA) is 60.2 Å². The van der Waals surface area contributed by atoms with Gasteiger partial charge in [0.2, 0.25) is 0 Å². The van der Waals surface area contributed by atoms with E-state index in [-0.39, 0.29) is 12.1 Å². The molecule has 2 aromatic rings. The van der Waals surface area contributed by atoms with Gasteiger partial charge in [0.05, 0.1) is 18.3 Å². The number of pyridine rings is 1. The van der Waals surface area contributed by atoms with E-state index in [1.165, 1.54) is 0 Å². The lowest BCUT2D eigenvalue weighted by Crippen LogP contribution is -2.29. The van der Waals surface area contributed by atoms with Crippen LogP contribution in [-0.4, -0.2) is 11.1 Å². The molecule has 0 fully saturated rings. The standard InChI is InChI=1S/C16H20ClN3O/c1-11(2)21-15-8-13(9-19-10-15)16(20-18)7-12-3-5-14(17)6-4-12/h3-6,8-11,16,20H,7,18H2,1-2H3. The molecule has 1 atom stereocenters. The predicted octanol–water partition coefficient (Wildman–Crippen LogP) is 3.27. The van der Waals surface area contributed by atoms with E-state index in [1.54, 1.807) is 12.4 Å². The molecule has 0 amide bonds. The van der Waals surface area contributed by atoms with Gasteiger partial charge < -0.3 is 4.74 Å². The molecule has 1 heterocycles. The van der Waals surface area contributed by atoms with Crippen molar-refractivity contribution in [3.63, 3.8) is 0 Å². The van der Waals surface area contributed by atoms with Gasteiger partial charge in [0.25, 0.3) is 0 Å². The van der Waals surface area contributed by atoms with Gasteiger partial charge in [-0.1, -0.05) is 23.7 Å². The van der Waals surface area contributed by atoms with Gasteiger partial charge in [0.15, 0.2) is 0 Å². The van der Waals surface area contributed by atoms with Gasteiger partial charge in [-0.2, -0.15) is 0 Å². The fourth-order valence-electron chi connectivity index (χ4n) is 2.09. The van der Waals surface area contributed by atoms with Crippen LogP contribution < -0.4 is 16.0 Å². The molecule has 21 heavy (non-hydrogen) atoms. The molecule has 4 nitrogen and oxygen atoms in total. The molecule has 1 unspecified atom stereocenters. The Morgan fingerprint density at radius 2 is 1.95 bits per heavy atom. The number of halogens is 1. The van der Waals surface area contributed by atoms with E-state index >= 15 is 0 Å². The van der Waals surface area contributed by atoms with Gasteiger partial charge in [0, 0.05) is 11.2 Å². The van der Waals surface area contributed by atoms with E-state index in [2.05, 4.69) is 10.4 Å². The average molecular weight is 306 g/mol. The zero-order valence-corrected chi connectivity index (χ0v) is 13.0. The van der Waals surface area contributed by atoms with Crippen molar-refractivity contribution in [1.82, 2.24) is 10.4 Å². The molecule has 0 aliphatic rings. The molecule has 0 saturated heterocycles. The van der Waals surface area contributed by atoms with Crippen LogP contribution in [0.5, 0.6) is 5.75 Å². The number of nitrogens with zero attached hydrogens (tertiary/aromatic N) is 1. The summed E-state index contributed by atoms with van der Waals surface area (Å²) in [5.74, 6) is 6.44. The Morgan fingerprint density at radius 1 is 1.24 bits per heavy atom. The van der Waals surface area contributed by atoms with Crippen LogP contribution in [0.1, 0.15) is 31.0 Å². The largest absolute Gasteiger partial charge is 0.489 e. The van der Waals surface area contributed by atoms with Crippen molar-refractivity contribution < 1.29 is 4.74 Å². The average Bonchev–Trinajstić information content (AvgIpc) is 2.46. The van der Waals surface area contributed by atoms with Crippen molar-refractivity contribution >= 4 is 11.6 Å². The summed E-state index contributed by atoms with van der Waals surface area (Å²) in [6, 6.07) is 9.67. The van der Waals surface area contributed by atoms with E-state index in [0.717, 1.165) is 28.3 Å². The van der Waals surface area contributed by atoms with E-state index in [1.807, 2.05) is 44.2 Å². The maximum Gasteiger partial charge on any atom is 0.138 e. The van der Waals surface area contributed by atoms with Crippen LogP contribution in [0.4, 0.5) is 0 Å². The molecule has 0 saturated carbocycles. The lowest BCUT2D eigenvalue weighted by molar-refractivity contribution is 0.241. The van der Waals surface area contributed by atoms with Crippen LogP contribution in [-0.2, 0) is 6.42 Å². The van der Waals surface area contributed by atoms with Gasteiger partial charge in [-0.05, 0) is 49.6 Å². The number of hydrogen-bond donors (Lipinski definition) is 2. The lowest BCUT2D eigenvalue weighted by Gasteiger charge is -2.18. The summed E-state index contributed by atoms with van der Waals surface area (Å²) in [6.45, 7) is 3.97. The summed E-state index contributed by atoms with van der Waals surface area (Å²) < 4.78 is 5.67. The molecule has 2 rings (SSSR count). The third-order valence-corrected chi connectivity index (χ3v) is 3.31. The fourth-order valence-corrected chi connectivity index (χ4v) is 2.22. The van der Waals surface area contributed by atoms with E-state index in [9.17, 15) is 0 Å². The van der Waals surface area contributed by atoms with E-state index in [0.29, 0.717) is 0 Å². The first-order chi connectivity index (χ1) is 10.1. The Balaban J connectivity index is 2.15. The minimum atomic E-state index is -0.0330. The quantitative estimate of drug-likeness (QED) is 0.635. The number of nitrogens with one attached hydrogen (secondary N) is 1. The van der Waals surface area contributed by atoms with Crippen LogP contribution in [0.15, 0.2) is 42.7 Å². The molecule has 5 heteroatoms. The number of aromatic nitrogens is 1. The smallest absolute Gasteiger partial charge is 0.138 e. The number of benzene rings is 1. The van der Waals surface area contributed by atoms with Crippen molar-refractivity contribution in [3.05, 3.63) is 58.9 Å². The molecule has 0 aliphatic carbocycles. The molecular formula is C16H20ClN3O. The minimum absolute atomic E-state index is 0.0330. The van der Waals surface area contributed by atoms with Crippen molar-refractivity contribution in [1.29, 1.82) is 0 Å². The molecule has 3 N–H and O–H groups in total. The normalized spacial score (nSPS) is 12.4. The van der Waals surface area contributed by atoms with E-state index in [4.69, 9.17) is 22.2 Å². The van der Waals surface area contributed by atoms with Gasteiger partial charge in [-0.3, -0.25) is 16.3 Å². The summed E-state index contributed by atoms with van der Waals surface area (Å²) in [5.41, 5.74) is 4.98. The zero-order valence-electron chi connectivity index (χ0n) is 12.2. The molecular weight excluding hydrogens is 286 g/mol.